The molecule has 11 heteroatoms. The molecule has 2 heterocycles. The lowest BCUT2D eigenvalue weighted by Crippen LogP contribution is -2.37. The summed E-state index contributed by atoms with van der Waals surface area (Å²) in [6.45, 7) is 0. The van der Waals surface area contributed by atoms with Crippen molar-refractivity contribution in [1.29, 1.82) is 0 Å². The molecule has 1 aromatic rings. The van der Waals surface area contributed by atoms with Crippen LogP contribution in [0.5, 0.6) is 0 Å². The number of halogens is 2. The Labute approximate surface area is 164 Å². The molecule has 2 fully saturated rings. The smallest absolute Gasteiger partial charge is 0.303 e. The second-order valence-electron chi connectivity index (χ2n) is 6.30. The van der Waals surface area contributed by atoms with Gasteiger partial charge in [0.2, 0.25) is 5.91 Å². The van der Waals surface area contributed by atoms with E-state index in [1.54, 1.807) is 11.0 Å². The molecule has 2 atom stereocenters. The van der Waals surface area contributed by atoms with Gasteiger partial charge in [0, 0.05) is 23.8 Å². The summed E-state index contributed by atoms with van der Waals surface area (Å²) in [5.41, 5.74) is 0.367. The number of nitrogens with zero attached hydrogens (tertiary/aromatic N) is 2. The van der Waals surface area contributed by atoms with Crippen LogP contribution in [0, 0.1) is 5.82 Å². The van der Waals surface area contributed by atoms with Crippen LogP contribution in [0.2, 0.25) is 5.02 Å². The minimum atomic E-state index is -3.23. The van der Waals surface area contributed by atoms with Crippen LogP contribution < -0.4 is 4.90 Å². The molecule has 2 saturated heterocycles. The summed E-state index contributed by atoms with van der Waals surface area (Å²) in [5, 5.41) is 8.57. The van der Waals surface area contributed by atoms with Crippen LogP contribution in [-0.2, 0) is 19.4 Å². The largest absolute Gasteiger partial charge is 0.481 e. The quantitative estimate of drug-likeness (QED) is 0.758. The number of carbonyl (C=O) groups is 2. The predicted octanol–water partition coefficient (Wildman–Crippen LogP) is 2.34. The fourth-order valence-corrected chi connectivity index (χ4v) is 7.10. The summed E-state index contributed by atoms with van der Waals surface area (Å²) in [5.74, 6) is -2.30. The summed E-state index contributed by atoms with van der Waals surface area (Å²) in [6, 6.07) is 3.63. The standard InChI is InChI=1S/C16H16ClFN2O5S2/c17-10-5-4-9(6-11(10)18)20-12-7-27(24,25)8-13(12)26-16(20)19-14(21)2-1-3-15(22)23/h4-6,12-13H,1-3,7-8H2,(H,22,23)/t12-,13+/m1/s1. The van der Waals surface area contributed by atoms with E-state index >= 15 is 0 Å². The number of fused-ring (bicyclic) bond motifs is 1. The van der Waals surface area contributed by atoms with Gasteiger partial charge in [-0.15, -0.1) is 0 Å². The van der Waals surface area contributed by atoms with Gasteiger partial charge in [0.25, 0.3) is 0 Å². The molecular formula is C16H16ClFN2O5S2. The van der Waals surface area contributed by atoms with Gasteiger partial charge in [-0.25, -0.2) is 12.8 Å². The number of rotatable bonds is 5. The zero-order valence-corrected chi connectivity index (χ0v) is 16.4. The van der Waals surface area contributed by atoms with Crippen molar-refractivity contribution in [2.45, 2.75) is 30.6 Å². The van der Waals surface area contributed by atoms with Gasteiger partial charge < -0.3 is 10.0 Å². The highest BCUT2D eigenvalue weighted by molar-refractivity contribution is 8.16. The number of carboxylic acids is 1. The first-order valence-corrected chi connectivity index (χ1v) is 11.2. The Kier molecular flexibility index (Phi) is 5.78. The van der Waals surface area contributed by atoms with Crippen molar-refractivity contribution < 1.29 is 27.5 Å². The molecule has 2 aliphatic rings. The van der Waals surface area contributed by atoms with Crippen molar-refractivity contribution in [3.63, 3.8) is 0 Å². The van der Waals surface area contributed by atoms with Gasteiger partial charge in [0.1, 0.15) is 5.82 Å². The molecule has 1 aromatic carbocycles. The van der Waals surface area contributed by atoms with E-state index in [4.69, 9.17) is 16.7 Å². The van der Waals surface area contributed by atoms with Crippen molar-refractivity contribution in [3.05, 3.63) is 29.0 Å². The highest BCUT2D eigenvalue weighted by atomic mass is 35.5. The Hall–Kier alpha value is -1.65. The predicted molar refractivity (Wildman–Crippen MR) is 102 cm³/mol. The number of amidine groups is 1. The molecule has 2 aliphatic heterocycles. The average Bonchev–Trinajstić information content (AvgIpc) is 3.00. The zero-order valence-electron chi connectivity index (χ0n) is 14.0. The van der Waals surface area contributed by atoms with E-state index in [1.165, 1.54) is 23.9 Å². The molecule has 3 rings (SSSR count). The summed E-state index contributed by atoms with van der Waals surface area (Å²) in [6.07, 6.45) is -0.0153. The van der Waals surface area contributed by atoms with Gasteiger partial charge in [-0.1, -0.05) is 23.4 Å². The van der Waals surface area contributed by atoms with E-state index in [2.05, 4.69) is 4.99 Å². The number of carbonyl (C=O) groups excluding carboxylic acids is 1. The fourth-order valence-electron chi connectivity index (χ4n) is 3.05. The third kappa shape index (κ3) is 4.61. The van der Waals surface area contributed by atoms with Crippen LogP contribution in [0.25, 0.3) is 0 Å². The maximum absolute atomic E-state index is 13.9. The number of hydrogen-bond acceptors (Lipinski definition) is 5. The monoisotopic (exact) mass is 434 g/mol. The number of benzene rings is 1. The molecule has 0 aromatic heterocycles. The third-order valence-corrected chi connectivity index (χ3v) is 7.77. The lowest BCUT2D eigenvalue weighted by atomic mass is 10.2. The topological polar surface area (TPSA) is 104 Å². The zero-order chi connectivity index (χ0) is 19.8. The van der Waals surface area contributed by atoms with Crippen molar-refractivity contribution in [2.24, 2.45) is 4.99 Å². The molecule has 0 radical (unpaired) electrons. The van der Waals surface area contributed by atoms with E-state index in [0.717, 1.165) is 0 Å². The molecule has 27 heavy (non-hydrogen) atoms. The first-order chi connectivity index (χ1) is 12.7. The number of carboxylic acid groups (broad SMARTS) is 1. The van der Waals surface area contributed by atoms with Gasteiger partial charge in [-0.3, -0.25) is 9.59 Å². The summed E-state index contributed by atoms with van der Waals surface area (Å²) < 4.78 is 37.9. The highest BCUT2D eigenvalue weighted by Crippen LogP contribution is 2.41. The molecule has 1 amide bonds. The molecular weight excluding hydrogens is 419 g/mol. The van der Waals surface area contributed by atoms with E-state index in [-0.39, 0.29) is 41.0 Å². The number of amides is 1. The van der Waals surface area contributed by atoms with Crippen molar-refractivity contribution in [3.8, 4) is 0 Å². The normalized spacial score (nSPS) is 25.0. The Bertz CT molecular complexity index is 921. The van der Waals surface area contributed by atoms with E-state index in [9.17, 15) is 22.4 Å². The highest BCUT2D eigenvalue weighted by Gasteiger charge is 2.49. The number of sulfone groups is 1. The molecule has 1 N–H and O–H groups in total. The third-order valence-electron chi connectivity index (χ3n) is 4.25. The van der Waals surface area contributed by atoms with Crippen LogP contribution in [0.1, 0.15) is 19.3 Å². The Morgan fingerprint density at radius 1 is 1.33 bits per heavy atom. The first kappa shape index (κ1) is 20.1. The van der Waals surface area contributed by atoms with Crippen LogP contribution >= 0.6 is 23.4 Å². The van der Waals surface area contributed by atoms with Crippen LogP contribution in [0.15, 0.2) is 23.2 Å². The second kappa shape index (κ2) is 7.76. The number of aliphatic imine (C=N–C) groups is 1. The Morgan fingerprint density at radius 2 is 2.07 bits per heavy atom. The van der Waals surface area contributed by atoms with Gasteiger partial charge in [0.05, 0.1) is 22.6 Å². The van der Waals surface area contributed by atoms with Crippen LogP contribution in [0.4, 0.5) is 10.1 Å². The minimum Gasteiger partial charge on any atom is -0.481 e. The van der Waals surface area contributed by atoms with E-state index in [0.29, 0.717) is 10.9 Å². The molecule has 146 valence electrons. The Balaban J connectivity index is 1.88. The van der Waals surface area contributed by atoms with E-state index in [1.807, 2.05) is 0 Å². The maximum Gasteiger partial charge on any atom is 0.303 e. The number of aliphatic carboxylic acids is 1. The molecule has 0 saturated carbocycles. The summed E-state index contributed by atoms with van der Waals surface area (Å²) in [4.78, 5) is 28.2. The van der Waals surface area contributed by atoms with Crippen molar-refractivity contribution >= 4 is 55.9 Å². The molecule has 0 unspecified atom stereocenters. The average molecular weight is 435 g/mol. The van der Waals surface area contributed by atoms with Gasteiger partial charge in [0.15, 0.2) is 15.0 Å². The number of anilines is 1. The minimum absolute atomic E-state index is 0.0349. The molecule has 0 aliphatic carbocycles. The SMILES string of the molecule is O=C(O)CCCC(=O)N=C1S[C@H]2CS(=O)(=O)C[C@H]2N1c1ccc(Cl)c(F)c1. The first-order valence-electron chi connectivity index (χ1n) is 8.11. The lowest BCUT2D eigenvalue weighted by Gasteiger charge is -2.24. The fraction of sp³-hybridized carbons (Fsp3) is 0.438. The summed E-state index contributed by atoms with van der Waals surface area (Å²) in [7, 11) is -3.23. The van der Waals surface area contributed by atoms with Gasteiger partial charge in [-0.05, 0) is 24.6 Å². The Morgan fingerprint density at radius 3 is 2.74 bits per heavy atom. The number of hydrogen-bond donors (Lipinski definition) is 1. The number of thioether (sulfide) groups is 1. The second-order valence-corrected chi connectivity index (χ2v) is 10.1. The van der Waals surface area contributed by atoms with E-state index < -0.39 is 33.6 Å². The maximum atomic E-state index is 13.9. The van der Waals surface area contributed by atoms with Gasteiger partial charge in [-0.2, -0.15) is 4.99 Å². The van der Waals surface area contributed by atoms with Crippen molar-refractivity contribution in [1.82, 2.24) is 0 Å². The lowest BCUT2D eigenvalue weighted by molar-refractivity contribution is -0.137. The summed E-state index contributed by atoms with van der Waals surface area (Å²) >= 11 is 6.89. The van der Waals surface area contributed by atoms with Gasteiger partial charge >= 0.3 is 5.97 Å². The molecule has 0 bridgehead atoms. The van der Waals surface area contributed by atoms with Crippen LogP contribution in [-0.4, -0.2) is 53.4 Å². The molecule has 7 nitrogen and oxygen atoms in total. The van der Waals surface area contributed by atoms with Crippen molar-refractivity contribution in [2.75, 3.05) is 16.4 Å². The van der Waals surface area contributed by atoms with Crippen LogP contribution in [0.3, 0.4) is 0 Å². The molecule has 0 spiro atoms.